The summed E-state index contributed by atoms with van der Waals surface area (Å²) >= 11 is 0. The third kappa shape index (κ3) is 2.64. The van der Waals surface area contributed by atoms with Gasteiger partial charge >= 0.3 is 5.97 Å². The van der Waals surface area contributed by atoms with E-state index in [1.165, 1.54) is 12.4 Å². The number of Topliss-reactive ketones (excluding diaryl/α,β-unsaturated/α-hetero) is 1. The topological polar surface area (TPSA) is 101 Å². The lowest BCUT2D eigenvalue weighted by atomic mass is 9.69. The van der Waals surface area contributed by atoms with Crippen molar-refractivity contribution in [2.24, 2.45) is 11.3 Å². The third-order valence-electron chi connectivity index (χ3n) is 4.61. The van der Waals surface area contributed by atoms with Crippen LogP contribution in [0.15, 0.2) is 12.4 Å². The van der Waals surface area contributed by atoms with E-state index in [4.69, 9.17) is 0 Å². The van der Waals surface area contributed by atoms with Crippen LogP contribution in [0, 0.1) is 11.3 Å². The van der Waals surface area contributed by atoms with Crippen molar-refractivity contribution in [2.75, 3.05) is 6.54 Å². The summed E-state index contributed by atoms with van der Waals surface area (Å²) in [6.07, 6.45) is 3.36. The fourth-order valence-corrected chi connectivity index (χ4v) is 3.55. The molecule has 0 amide bonds. The van der Waals surface area contributed by atoms with Crippen LogP contribution in [0.25, 0.3) is 5.70 Å². The van der Waals surface area contributed by atoms with Gasteiger partial charge < -0.3 is 15.0 Å². The molecule has 2 aliphatic rings. The lowest BCUT2D eigenvalue weighted by Crippen LogP contribution is -2.40. The van der Waals surface area contributed by atoms with E-state index in [-0.39, 0.29) is 18.1 Å². The molecule has 128 valence electrons. The van der Waals surface area contributed by atoms with E-state index in [0.717, 1.165) is 0 Å². The minimum atomic E-state index is -1.02. The van der Waals surface area contributed by atoms with Crippen LogP contribution in [-0.2, 0) is 20.9 Å². The van der Waals surface area contributed by atoms with E-state index in [9.17, 15) is 19.5 Å². The first kappa shape index (κ1) is 16.4. The molecular weight excluding hydrogens is 310 g/mol. The van der Waals surface area contributed by atoms with E-state index in [1.54, 1.807) is 25.3 Å². The highest BCUT2D eigenvalue weighted by Crippen LogP contribution is 2.43. The smallest absolute Gasteiger partial charge is 0.308 e. The van der Waals surface area contributed by atoms with Gasteiger partial charge in [-0.3, -0.25) is 14.4 Å². The van der Waals surface area contributed by atoms with Gasteiger partial charge in [0.25, 0.3) is 0 Å². The molecule has 1 aromatic heterocycles. The van der Waals surface area contributed by atoms with Crippen molar-refractivity contribution in [3.63, 3.8) is 0 Å². The number of aromatic nitrogens is 2. The number of carbonyl (C=O) groups excluding carboxylic acids is 2. The number of nitrogens with one attached hydrogen (secondary N) is 1. The fraction of sp³-hybridized carbons (Fsp3) is 0.529. The second-order valence-corrected chi connectivity index (χ2v) is 7.44. The van der Waals surface area contributed by atoms with E-state index >= 15 is 0 Å². The van der Waals surface area contributed by atoms with Crippen molar-refractivity contribution in [1.82, 2.24) is 14.9 Å². The summed E-state index contributed by atoms with van der Waals surface area (Å²) in [4.78, 5) is 40.8. The van der Waals surface area contributed by atoms with Crippen molar-refractivity contribution < 1.29 is 19.5 Å². The molecule has 0 radical (unpaired) electrons. The number of ketones is 2. The highest BCUT2D eigenvalue weighted by molar-refractivity contribution is 6.06. The van der Waals surface area contributed by atoms with E-state index < -0.39 is 23.2 Å². The summed E-state index contributed by atoms with van der Waals surface area (Å²) in [6, 6.07) is 0. The molecule has 2 atom stereocenters. The largest absolute Gasteiger partial charge is 0.481 e. The first-order valence-corrected chi connectivity index (χ1v) is 7.99. The number of aliphatic carboxylic acids is 1. The molecule has 1 aromatic rings. The van der Waals surface area contributed by atoms with Crippen LogP contribution in [0.2, 0.25) is 0 Å². The molecule has 7 nitrogen and oxygen atoms in total. The Balaban J connectivity index is 2.15. The number of carboxylic acids is 1. The number of carbonyl (C=O) groups is 3. The Morgan fingerprint density at radius 1 is 1.42 bits per heavy atom. The van der Waals surface area contributed by atoms with Crippen LogP contribution in [0.5, 0.6) is 0 Å². The minimum absolute atomic E-state index is 0.0702. The Morgan fingerprint density at radius 3 is 2.75 bits per heavy atom. The number of rotatable bonds is 2. The zero-order valence-corrected chi connectivity index (χ0v) is 14.0. The molecule has 0 bridgehead atoms. The molecule has 0 aromatic carbocycles. The molecule has 0 spiro atoms. The van der Waals surface area contributed by atoms with Crippen LogP contribution >= 0.6 is 0 Å². The molecule has 0 saturated heterocycles. The SMILES string of the molecule is CC(C)(C)C(C(=O)O)C1C(=O)C=C2NCCC(=O)Cn3cnc1c32. The predicted molar refractivity (Wildman–Crippen MR) is 86.2 cm³/mol. The summed E-state index contributed by atoms with van der Waals surface area (Å²) in [5, 5.41) is 12.8. The molecular formula is C17H21N3O4. The number of hydrogen-bond acceptors (Lipinski definition) is 5. The van der Waals surface area contributed by atoms with Gasteiger partial charge in [-0.2, -0.15) is 0 Å². The van der Waals surface area contributed by atoms with Gasteiger partial charge in [-0.15, -0.1) is 0 Å². The van der Waals surface area contributed by atoms with Gasteiger partial charge in [0.15, 0.2) is 11.6 Å². The van der Waals surface area contributed by atoms with Gasteiger partial charge in [0, 0.05) is 19.0 Å². The van der Waals surface area contributed by atoms with Crippen LogP contribution in [-0.4, -0.2) is 38.7 Å². The predicted octanol–water partition coefficient (Wildman–Crippen LogP) is 1.20. The van der Waals surface area contributed by atoms with E-state index in [1.807, 2.05) is 0 Å². The molecule has 0 fully saturated rings. The highest BCUT2D eigenvalue weighted by atomic mass is 16.4. The lowest BCUT2D eigenvalue weighted by molar-refractivity contribution is -0.148. The summed E-state index contributed by atoms with van der Waals surface area (Å²) in [7, 11) is 0. The van der Waals surface area contributed by atoms with Gasteiger partial charge in [0.2, 0.25) is 0 Å². The van der Waals surface area contributed by atoms with Crippen molar-refractivity contribution in [2.45, 2.75) is 39.7 Å². The van der Waals surface area contributed by atoms with E-state index in [0.29, 0.717) is 30.1 Å². The molecule has 24 heavy (non-hydrogen) atoms. The molecule has 2 unspecified atom stereocenters. The van der Waals surface area contributed by atoms with Crippen LogP contribution < -0.4 is 5.32 Å². The normalized spacial score (nSPS) is 22.0. The van der Waals surface area contributed by atoms with Gasteiger partial charge in [0.05, 0.1) is 41.8 Å². The summed E-state index contributed by atoms with van der Waals surface area (Å²) in [5.74, 6) is -2.96. The second-order valence-electron chi connectivity index (χ2n) is 7.44. The maximum absolute atomic E-state index is 12.7. The minimum Gasteiger partial charge on any atom is -0.481 e. The van der Waals surface area contributed by atoms with Crippen molar-refractivity contribution in [1.29, 1.82) is 0 Å². The highest BCUT2D eigenvalue weighted by Gasteiger charge is 2.46. The van der Waals surface area contributed by atoms with Crippen molar-refractivity contribution >= 4 is 23.2 Å². The Labute approximate surface area is 139 Å². The number of imidazole rings is 1. The maximum Gasteiger partial charge on any atom is 0.308 e. The molecule has 1 aliphatic heterocycles. The summed E-state index contributed by atoms with van der Waals surface area (Å²) < 4.78 is 1.71. The molecule has 2 heterocycles. The lowest BCUT2D eigenvalue weighted by Gasteiger charge is -2.34. The quantitative estimate of drug-likeness (QED) is 0.844. The summed E-state index contributed by atoms with van der Waals surface area (Å²) in [5.41, 5.74) is 1.11. The fourth-order valence-electron chi connectivity index (χ4n) is 3.55. The third-order valence-corrected chi connectivity index (χ3v) is 4.61. The van der Waals surface area contributed by atoms with Crippen LogP contribution in [0.4, 0.5) is 0 Å². The standard InChI is InChI=1S/C17H21N3O4/c1-17(2,3)13(16(23)24)12-11(22)6-10-15-14(12)19-8-20(15)7-9(21)4-5-18-10/h6,8,12-13,18H,4-5,7H2,1-3H3,(H,23,24). The molecule has 1 aliphatic carbocycles. The molecule has 7 heteroatoms. The van der Waals surface area contributed by atoms with Crippen molar-refractivity contribution in [3.8, 4) is 0 Å². The molecule has 0 saturated carbocycles. The Morgan fingerprint density at radius 2 is 2.12 bits per heavy atom. The first-order chi connectivity index (χ1) is 11.2. The molecule has 3 rings (SSSR count). The van der Waals surface area contributed by atoms with Gasteiger partial charge in [-0.25, -0.2) is 4.98 Å². The van der Waals surface area contributed by atoms with Gasteiger partial charge in [-0.05, 0) is 5.41 Å². The average Bonchev–Trinajstić information content (AvgIpc) is 2.82. The molecule has 2 N–H and O–H groups in total. The Bertz CT molecular complexity index is 754. The van der Waals surface area contributed by atoms with E-state index in [2.05, 4.69) is 10.3 Å². The number of hydrogen-bond donors (Lipinski definition) is 2. The number of nitrogens with zero attached hydrogens (tertiary/aromatic N) is 2. The van der Waals surface area contributed by atoms with Gasteiger partial charge in [0.1, 0.15) is 0 Å². The Kier molecular flexibility index (Phi) is 3.81. The van der Waals surface area contributed by atoms with Crippen LogP contribution in [0.3, 0.4) is 0 Å². The maximum atomic E-state index is 12.7. The number of allylic oxidation sites excluding steroid dienone is 1. The summed E-state index contributed by atoms with van der Waals surface area (Å²) in [6.45, 7) is 6.06. The average molecular weight is 331 g/mol. The zero-order valence-electron chi connectivity index (χ0n) is 14.0. The number of carboxylic acid groups (broad SMARTS) is 1. The van der Waals surface area contributed by atoms with Crippen LogP contribution in [0.1, 0.15) is 44.5 Å². The second kappa shape index (κ2) is 5.58. The monoisotopic (exact) mass is 331 g/mol. The van der Waals surface area contributed by atoms with Crippen molar-refractivity contribution in [3.05, 3.63) is 23.8 Å². The zero-order chi connectivity index (χ0) is 17.6. The first-order valence-electron chi connectivity index (χ1n) is 7.99. The Hall–Kier alpha value is -2.44. The van der Waals surface area contributed by atoms with Gasteiger partial charge in [-0.1, -0.05) is 20.8 Å².